The first-order valence-electron chi connectivity index (χ1n) is 12.8. The number of nitrogens with zero attached hydrogens (tertiary/aromatic N) is 4. The summed E-state index contributed by atoms with van der Waals surface area (Å²) < 4.78 is 20.3. The van der Waals surface area contributed by atoms with E-state index in [1.165, 1.54) is 17.4 Å². The molecule has 10 heteroatoms. The summed E-state index contributed by atoms with van der Waals surface area (Å²) in [5, 5.41) is 18.8. The predicted molar refractivity (Wildman–Crippen MR) is 142 cm³/mol. The van der Waals surface area contributed by atoms with Crippen LogP contribution in [0.15, 0.2) is 48.6 Å². The van der Waals surface area contributed by atoms with E-state index in [2.05, 4.69) is 15.1 Å². The summed E-state index contributed by atoms with van der Waals surface area (Å²) in [5.41, 5.74) is 0.860. The van der Waals surface area contributed by atoms with Gasteiger partial charge in [0.15, 0.2) is 0 Å². The molecule has 1 N–H and O–H groups in total. The normalized spacial score (nSPS) is 20.2. The van der Waals surface area contributed by atoms with Crippen LogP contribution in [-0.2, 0) is 9.59 Å². The Morgan fingerprint density at radius 1 is 1.16 bits per heavy atom. The Labute approximate surface area is 220 Å². The quantitative estimate of drug-likeness (QED) is 0.456. The van der Waals surface area contributed by atoms with Crippen molar-refractivity contribution in [2.75, 3.05) is 37.7 Å². The summed E-state index contributed by atoms with van der Waals surface area (Å²) in [7, 11) is 0. The number of carboxylic acids is 1. The lowest BCUT2D eigenvalue weighted by Gasteiger charge is -2.29. The average molecular weight is 529 g/mol. The highest BCUT2D eigenvalue weighted by Crippen LogP contribution is 2.32. The Morgan fingerprint density at radius 2 is 1.89 bits per heavy atom. The molecule has 0 bridgehead atoms. The van der Waals surface area contributed by atoms with Crippen LogP contribution in [0.1, 0.15) is 32.6 Å². The van der Waals surface area contributed by atoms with Gasteiger partial charge in [-0.3, -0.25) is 19.4 Å². The maximum atomic E-state index is 14.4. The van der Waals surface area contributed by atoms with Crippen LogP contribution in [0.2, 0.25) is 0 Å². The molecule has 0 spiro atoms. The van der Waals surface area contributed by atoms with E-state index in [9.17, 15) is 14.0 Å². The summed E-state index contributed by atoms with van der Waals surface area (Å²) in [6.45, 7) is 5.33. The van der Waals surface area contributed by atoms with Gasteiger partial charge in [0, 0.05) is 18.7 Å². The monoisotopic (exact) mass is 528 g/mol. The molecule has 2 aliphatic rings. The highest BCUT2D eigenvalue weighted by molar-refractivity contribution is 7.18. The maximum absolute atomic E-state index is 14.4. The lowest BCUT2D eigenvalue weighted by atomic mass is 9.97. The van der Waals surface area contributed by atoms with Crippen molar-refractivity contribution in [2.24, 2.45) is 11.8 Å². The van der Waals surface area contributed by atoms with E-state index in [1.54, 1.807) is 23.1 Å². The molecule has 0 radical (unpaired) electrons. The lowest BCUT2D eigenvalue weighted by molar-refractivity contribution is -0.143. The third-order valence-electron chi connectivity index (χ3n) is 6.71. The van der Waals surface area contributed by atoms with E-state index in [-0.39, 0.29) is 11.8 Å². The number of carboxylic acid groups (broad SMARTS) is 1. The molecule has 1 aliphatic carbocycles. The van der Waals surface area contributed by atoms with Crippen molar-refractivity contribution in [3.8, 4) is 16.3 Å². The molecular weight excluding hydrogens is 495 g/mol. The minimum absolute atomic E-state index is 0.232. The first-order valence-corrected chi connectivity index (χ1v) is 13.6. The largest absolute Gasteiger partial charge is 0.492 e. The van der Waals surface area contributed by atoms with E-state index in [4.69, 9.17) is 9.84 Å². The van der Waals surface area contributed by atoms with Gasteiger partial charge in [-0.25, -0.2) is 4.39 Å². The number of carbonyl (C=O) groups excluding carboxylic acids is 1. The number of anilines is 1. The Kier molecular flexibility index (Phi) is 9.40. The fourth-order valence-corrected chi connectivity index (χ4v) is 5.31. The second-order valence-corrected chi connectivity index (χ2v) is 10.3. The number of unbranched alkanes of at least 4 members (excludes halogenated alkanes) is 1. The van der Waals surface area contributed by atoms with Crippen molar-refractivity contribution in [2.45, 2.75) is 38.8 Å². The second-order valence-electron chi connectivity index (χ2n) is 9.30. The lowest BCUT2D eigenvalue weighted by Crippen LogP contribution is -2.40. The molecule has 0 saturated carbocycles. The molecule has 1 fully saturated rings. The van der Waals surface area contributed by atoms with E-state index in [1.807, 2.05) is 31.2 Å². The second kappa shape index (κ2) is 12.9. The zero-order valence-electron chi connectivity index (χ0n) is 21.0. The number of amides is 1. The zero-order valence-corrected chi connectivity index (χ0v) is 21.8. The van der Waals surface area contributed by atoms with E-state index in [0.29, 0.717) is 36.1 Å². The van der Waals surface area contributed by atoms with Gasteiger partial charge in [-0.05, 0) is 62.7 Å². The zero-order chi connectivity index (χ0) is 26.2. The SMILES string of the molecule is CCCCN(C(=O)C1C=CC=CC1F)c1nnc(-c2ccc(OCCN3CCC(C(=O)O)CC3)cc2)s1. The topological polar surface area (TPSA) is 95.9 Å². The number of piperidine rings is 1. The number of hydrogen-bond acceptors (Lipinski definition) is 7. The Balaban J connectivity index is 1.34. The molecule has 1 aromatic carbocycles. The van der Waals surface area contributed by atoms with E-state index < -0.39 is 18.1 Å². The highest BCUT2D eigenvalue weighted by atomic mass is 32.1. The first kappa shape index (κ1) is 26.9. The predicted octanol–water partition coefficient (Wildman–Crippen LogP) is 4.59. The highest BCUT2D eigenvalue weighted by Gasteiger charge is 2.32. The van der Waals surface area contributed by atoms with Gasteiger partial charge in [-0.15, -0.1) is 10.2 Å². The number of alkyl halides is 1. The molecule has 1 saturated heterocycles. The first-order chi connectivity index (χ1) is 18.0. The Hall–Kier alpha value is -3.11. The van der Waals surface area contributed by atoms with Gasteiger partial charge in [0.05, 0.1) is 11.8 Å². The van der Waals surface area contributed by atoms with Crippen LogP contribution in [0.25, 0.3) is 10.6 Å². The Morgan fingerprint density at radius 3 is 2.57 bits per heavy atom. The van der Waals surface area contributed by atoms with Crippen LogP contribution in [0.3, 0.4) is 0 Å². The van der Waals surface area contributed by atoms with Gasteiger partial charge >= 0.3 is 5.97 Å². The number of halogens is 1. The number of aliphatic carboxylic acids is 1. The molecular formula is C27H33FN4O4S. The summed E-state index contributed by atoms with van der Waals surface area (Å²) >= 11 is 1.31. The molecule has 8 nitrogen and oxygen atoms in total. The van der Waals surface area contributed by atoms with Crippen molar-refractivity contribution >= 4 is 28.3 Å². The number of aromatic nitrogens is 2. The van der Waals surface area contributed by atoms with Crippen LogP contribution in [0, 0.1) is 11.8 Å². The Bertz CT molecular complexity index is 1110. The molecule has 2 aromatic rings. The summed E-state index contributed by atoms with van der Waals surface area (Å²) in [5.74, 6) is -1.36. The molecule has 1 amide bonds. The van der Waals surface area contributed by atoms with Gasteiger partial charge < -0.3 is 9.84 Å². The number of carbonyl (C=O) groups is 2. The van der Waals surface area contributed by atoms with Gasteiger partial charge in [0.2, 0.25) is 11.0 Å². The van der Waals surface area contributed by atoms with Crippen LogP contribution in [-0.4, -0.2) is 71.0 Å². The summed E-state index contributed by atoms with van der Waals surface area (Å²) in [6, 6.07) is 7.56. The molecule has 198 valence electrons. The fourth-order valence-electron chi connectivity index (χ4n) is 4.43. The van der Waals surface area contributed by atoms with Crippen LogP contribution >= 0.6 is 11.3 Å². The number of likely N-dealkylation sites (tertiary alicyclic amines) is 1. The fraction of sp³-hybridized carbons (Fsp3) is 0.481. The third-order valence-corrected chi connectivity index (χ3v) is 7.71. The molecule has 2 atom stereocenters. The number of hydrogen-bond donors (Lipinski definition) is 1. The molecule has 37 heavy (non-hydrogen) atoms. The van der Waals surface area contributed by atoms with Gasteiger partial charge in [-0.1, -0.05) is 42.9 Å². The van der Waals surface area contributed by atoms with Crippen molar-refractivity contribution < 1.29 is 23.8 Å². The molecule has 1 aromatic heterocycles. The van der Waals surface area contributed by atoms with Gasteiger partial charge in [0.1, 0.15) is 23.5 Å². The summed E-state index contributed by atoms with van der Waals surface area (Å²) in [6.07, 6.45) is 8.01. The number of allylic oxidation sites excluding steroid dienone is 3. The number of benzene rings is 1. The van der Waals surface area contributed by atoms with Crippen LogP contribution in [0.5, 0.6) is 5.75 Å². The minimum Gasteiger partial charge on any atom is -0.492 e. The van der Waals surface area contributed by atoms with E-state index >= 15 is 0 Å². The molecule has 2 unspecified atom stereocenters. The van der Waals surface area contributed by atoms with Crippen molar-refractivity contribution in [1.82, 2.24) is 15.1 Å². The van der Waals surface area contributed by atoms with Crippen molar-refractivity contribution in [3.05, 3.63) is 48.6 Å². The average Bonchev–Trinajstić information content (AvgIpc) is 3.40. The van der Waals surface area contributed by atoms with Gasteiger partial charge in [0.25, 0.3) is 0 Å². The standard InChI is InChI=1S/C27H33FN4O4S/c1-2-3-14-32(25(33)22-6-4-5-7-23(22)28)27-30-29-24(37-27)19-8-10-21(11-9-19)36-18-17-31-15-12-20(13-16-31)26(34)35/h4-11,20,22-23H,2-3,12-18H2,1H3,(H,34,35). The number of ether oxygens (including phenoxy) is 1. The van der Waals surface area contributed by atoms with E-state index in [0.717, 1.165) is 43.8 Å². The van der Waals surface area contributed by atoms with Crippen LogP contribution in [0.4, 0.5) is 9.52 Å². The molecule has 1 aliphatic heterocycles. The summed E-state index contributed by atoms with van der Waals surface area (Å²) in [4.78, 5) is 28.0. The van der Waals surface area contributed by atoms with Crippen molar-refractivity contribution in [3.63, 3.8) is 0 Å². The van der Waals surface area contributed by atoms with Gasteiger partial charge in [-0.2, -0.15) is 0 Å². The minimum atomic E-state index is -1.35. The maximum Gasteiger partial charge on any atom is 0.306 e. The smallest absolute Gasteiger partial charge is 0.306 e. The van der Waals surface area contributed by atoms with Crippen molar-refractivity contribution in [1.29, 1.82) is 0 Å². The van der Waals surface area contributed by atoms with Crippen LogP contribution < -0.4 is 9.64 Å². The molecule has 4 rings (SSSR count). The molecule has 2 heterocycles. The third kappa shape index (κ3) is 7.01. The number of rotatable bonds is 11.